The van der Waals surface area contributed by atoms with Gasteiger partial charge in [-0.05, 0) is 93.2 Å². The Hall–Kier alpha value is -1.53. The zero-order valence-corrected chi connectivity index (χ0v) is 21.7. The van der Waals surface area contributed by atoms with Gasteiger partial charge in [0, 0.05) is 18.1 Å². The first-order valence-electron chi connectivity index (χ1n) is 13.5. The van der Waals surface area contributed by atoms with Crippen LogP contribution >= 0.6 is 7.60 Å². The molecule has 2 unspecified atom stereocenters. The average Bonchev–Trinajstić information content (AvgIpc) is 2.81. The van der Waals surface area contributed by atoms with Gasteiger partial charge in [0.05, 0.1) is 11.0 Å². The maximum absolute atomic E-state index is 13.4. The summed E-state index contributed by atoms with van der Waals surface area (Å²) in [5, 5.41) is 0. The van der Waals surface area contributed by atoms with Gasteiger partial charge in [-0.2, -0.15) is 0 Å². The second-order valence-corrected chi connectivity index (χ2v) is 13.7. The van der Waals surface area contributed by atoms with Crippen LogP contribution in [0.25, 0.3) is 11.0 Å². The predicted molar refractivity (Wildman–Crippen MR) is 137 cm³/mol. The van der Waals surface area contributed by atoms with Gasteiger partial charge in [0.1, 0.15) is 0 Å². The quantitative estimate of drug-likeness (QED) is 0.598. The van der Waals surface area contributed by atoms with E-state index in [9.17, 15) is 19.1 Å². The molecule has 0 radical (unpaired) electrons. The van der Waals surface area contributed by atoms with E-state index in [4.69, 9.17) is 0 Å². The molecule has 5 aliphatic rings. The topological polar surface area (TPSA) is 95.7 Å². The predicted octanol–water partition coefficient (Wildman–Crippen LogP) is 4.22. The van der Waals surface area contributed by atoms with Gasteiger partial charge in [-0.15, -0.1) is 0 Å². The van der Waals surface area contributed by atoms with Gasteiger partial charge < -0.3 is 14.4 Å². The van der Waals surface area contributed by atoms with Crippen LogP contribution in [0.4, 0.5) is 0 Å². The molecule has 2 saturated heterocycles. The Morgan fingerprint density at radius 3 is 2.40 bits per heavy atom. The minimum absolute atomic E-state index is 0.0618. The molecule has 3 aliphatic carbocycles. The molecule has 4 bridgehead atoms. The third kappa shape index (κ3) is 3.94. The van der Waals surface area contributed by atoms with E-state index in [2.05, 4.69) is 23.7 Å². The van der Waals surface area contributed by atoms with Crippen LogP contribution in [0.2, 0.25) is 0 Å². The molecule has 3 saturated carbocycles. The van der Waals surface area contributed by atoms with Crippen LogP contribution in [0, 0.1) is 23.2 Å². The highest BCUT2D eigenvalue weighted by Crippen LogP contribution is 2.62. The van der Waals surface area contributed by atoms with Crippen molar-refractivity contribution in [1.82, 2.24) is 14.5 Å². The van der Waals surface area contributed by atoms with Crippen LogP contribution in [0.15, 0.2) is 29.1 Å². The van der Waals surface area contributed by atoms with Gasteiger partial charge in [0.2, 0.25) is 5.44 Å². The van der Waals surface area contributed by atoms with Crippen molar-refractivity contribution in [1.29, 1.82) is 0 Å². The van der Waals surface area contributed by atoms with E-state index in [1.807, 2.05) is 12.1 Å². The Labute approximate surface area is 207 Å². The molecule has 1 aromatic carbocycles. The summed E-state index contributed by atoms with van der Waals surface area (Å²) in [5.74, 6) is 2.66. The minimum atomic E-state index is -4.77. The molecule has 7 rings (SSSR count). The molecule has 2 aliphatic heterocycles. The van der Waals surface area contributed by atoms with Gasteiger partial charge in [0.15, 0.2) is 0 Å². The highest BCUT2D eigenvalue weighted by Gasteiger charge is 2.54. The molecule has 5 fully saturated rings. The Morgan fingerprint density at radius 1 is 1.03 bits per heavy atom. The SMILES string of the molecule is CC1(C)[C@H]2CC[C@@H](CCN3C4CCCC3CC(n3c(=O)c(P(=O)(O)O)nc5ccccc53)C4)[C@@H]1C2. The third-order valence-electron chi connectivity index (χ3n) is 10.3. The highest BCUT2D eigenvalue weighted by atomic mass is 31.2. The number of benzene rings is 1. The largest absolute Gasteiger partial charge is 0.380 e. The molecule has 35 heavy (non-hydrogen) atoms. The molecule has 1 aromatic heterocycles. The number of rotatable bonds is 5. The van der Waals surface area contributed by atoms with E-state index in [-0.39, 0.29) is 6.04 Å². The first-order valence-corrected chi connectivity index (χ1v) is 15.1. The van der Waals surface area contributed by atoms with Gasteiger partial charge in [-0.25, -0.2) is 4.98 Å². The van der Waals surface area contributed by atoms with Crippen LogP contribution < -0.4 is 11.0 Å². The molecular weight excluding hydrogens is 461 g/mol. The van der Waals surface area contributed by atoms with E-state index in [1.165, 1.54) is 32.1 Å². The van der Waals surface area contributed by atoms with Crippen molar-refractivity contribution in [2.75, 3.05) is 6.54 Å². The van der Waals surface area contributed by atoms with Crippen LogP contribution in [0.3, 0.4) is 0 Å². The summed E-state index contributed by atoms with van der Waals surface area (Å²) < 4.78 is 13.8. The number of hydrogen-bond acceptors (Lipinski definition) is 4. The fourth-order valence-corrected chi connectivity index (χ4v) is 8.94. The molecule has 8 heteroatoms. The zero-order chi connectivity index (χ0) is 24.5. The van der Waals surface area contributed by atoms with Gasteiger partial charge in [-0.3, -0.25) is 14.3 Å². The lowest BCUT2D eigenvalue weighted by atomic mass is 9.45. The third-order valence-corrected chi connectivity index (χ3v) is 11.1. The van der Waals surface area contributed by atoms with Crippen LogP contribution in [-0.4, -0.2) is 42.9 Å². The van der Waals surface area contributed by atoms with Crippen molar-refractivity contribution in [2.24, 2.45) is 23.2 Å². The van der Waals surface area contributed by atoms with Crippen molar-refractivity contribution >= 4 is 24.1 Å². The lowest BCUT2D eigenvalue weighted by Gasteiger charge is -2.60. The zero-order valence-electron chi connectivity index (χ0n) is 20.8. The number of para-hydroxylation sites is 2. The summed E-state index contributed by atoms with van der Waals surface area (Å²) in [7, 11) is -4.77. The van der Waals surface area contributed by atoms with Gasteiger partial charge in [0.25, 0.3) is 5.56 Å². The standard InChI is InChI=1S/C27H38N3O4P/c1-27(2)18-11-10-17(22(27)14-18)12-13-29-19-6-5-7-20(29)16-21(15-19)30-24-9-4-3-8-23(24)28-25(26(30)31)35(32,33)34/h3-4,8-9,17-22H,5-7,10-16H2,1-2H3,(H2,32,33,34)/t17-,18-,19?,20?,21?,22-/m0/s1. The van der Waals surface area contributed by atoms with Gasteiger partial charge in [-0.1, -0.05) is 32.4 Å². The normalized spacial score (nSPS) is 34.5. The molecule has 190 valence electrons. The number of nitrogens with zero attached hydrogens (tertiary/aromatic N) is 3. The Kier molecular flexibility index (Phi) is 5.80. The maximum Gasteiger partial charge on any atom is 0.380 e. The van der Waals surface area contributed by atoms with E-state index >= 15 is 0 Å². The average molecular weight is 500 g/mol. The summed E-state index contributed by atoms with van der Waals surface area (Å²) in [6.45, 7) is 6.09. The van der Waals surface area contributed by atoms with Crippen molar-refractivity contribution in [2.45, 2.75) is 89.8 Å². The molecule has 0 spiro atoms. The molecule has 2 N–H and O–H groups in total. The number of hydrogen-bond donors (Lipinski definition) is 2. The number of fused-ring (bicyclic) bond motifs is 5. The molecule has 0 amide bonds. The van der Waals surface area contributed by atoms with Gasteiger partial charge >= 0.3 is 7.60 Å². The lowest BCUT2D eigenvalue weighted by molar-refractivity contribution is -0.111. The maximum atomic E-state index is 13.4. The van der Waals surface area contributed by atoms with E-state index < -0.39 is 18.6 Å². The van der Waals surface area contributed by atoms with Crippen LogP contribution in [0.1, 0.15) is 77.7 Å². The van der Waals surface area contributed by atoms with E-state index in [1.54, 1.807) is 16.7 Å². The Balaban J connectivity index is 1.26. The van der Waals surface area contributed by atoms with Crippen molar-refractivity contribution in [3.05, 3.63) is 34.6 Å². The highest BCUT2D eigenvalue weighted by molar-refractivity contribution is 7.59. The first-order chi connectivity index (χ1) is 16.6. The van der Waals surface area contributed by atoms with E-state index in [0.717, 1.165) is 50.0 Å². The Morgan fingerprint density at radius 2 is 1.74 bits per heavy atom. The second kappa shape index (κ2) is 8.51. The summed E-state index contributed by atoms with van der Waals surface area (Å²) in [6.07, 6.45) is 10.7. The molecule has 3 heterocycles. The molecule has 2 aromatic rings. The molecular formula is C27H38N3O4P. The lowest BCUT2D eigenvalue weighted by Crippen LogP contribution is -2.56. The summed E-state index contributed by atoms with van der Waals surface area (Å²) in [6, 6.07) is 8.04. The summed E-state index contributed by atoms with van der Waals surface area (Å²) in [5.41, 5.74) is 0.415. The second-order valence-electron chi connectivity index (χ2n) is 12.2. The summed E-state index contributed by atoms with van der Waals surface area (Å²) in [4.78, 5) is 39.9. The van der Waals surface area contributed by atoms with Crippen molar-refractivity contribution in [3.8, 4) is 0 Å². The molecule has 7 nitrogen and oxygen atoms in total. The number of piperidine rings is 2. The Bertz CT molecular complexity index is 1220. The monoisotopic (exact) mass is 499 g/mol. The minimum Gasteiger partial charge on any atom is -0.320 e. The van der Waals surface area contributed by atoms with Crippen molar-refractivity contribution in [3.63, 3.8) is 0 Å². The fourth-order valence-electron chi connectivity index (χ4n) is 8.34. The van der Waals surface area contributed by atoms with Crippen LogP contribution in [-0.2, 0) is 4.57 Å². The fraction of sp³-hybridized carbons (Fsp3) is 0.704. The summed E-state index contributed by atoms with van der Waals surface area (Å²) >= 11 is 0. The molecule has 5 atom stereocenters. The smallest absolute Gasteiger partial charge is 0.320 e. The number of aromatic nitrogens is 2. The van der Waals surface area contributed by atoms with Crippen LogP contribution in [0.5, 0.6) is 0 Å². The van der Waals surface area contributed by atoms with E-state index in [0.29, 0.717) is 28.5 Å². The first kappa shape index (κ1) is 23.8. The van der Waals surface area contributed by atoms with Crippen molar-refractivity contribution < 1.29 is 14.4 Å².